The first-order valence-electron chi connectivity index (χ1n) is 5.46. The van der Waals surface area contributed by atoms with Gasteiger partial charge < -0.3 is 0 Å². The summed E-state index contributed by atoms with van der Waals surface area (Å²) in [5.74, 6) is -2.26. The van der Waals surface area contributed by atoms with Crippen molar-refractivity contribution in [3.8, 4) is 0 Å². The van der Waals surface area contributed by atoms with Crippen LogP contribution in [0.2, 0.25) is 0 Å². The van der Waals surface area contributed by atoms with E-state index >= 15 is 0 Å². The normalized spacial score (nSPS) is 12.1. The molecular formula is C12H10BrF2NO2S2. The molecule has 1 aromatic heterocycles. The van der Waals surface area contributed by atoms with Crippen LogP contribution in [0.4, 0.5) is 8.78 Å². The minimum absolute atomic E-state index is 0.164. The Morgan fingerprint density at radius 2 is 1.90 bits per heavy atom. The van der Waals surface area contributed by atoms with Crippen LogP contribution in [0, 0.1) is 11.6 Å². The highest BCUT2D eigenvalue weighted by Gasteiger charge is 2.22. The smallest absolute Gasteiger partial charge is 0.207 e. The second-order valence-electron chi connectivity index (χ2n) is 4.04. The monoisotopic (exact) mass is 381 g/mol. The second-order valence-corrected chi connectivity index (χ2v) is 8.64. The fourth-order valence-electron chi connectivity index (χ4n) is 1.56. The molecule has 0 aliphatic carbocycles. The van der Waals surface area contributed by atoms with E-state index in [0.717, 1.165) is 25.1 Å². The van der Waals surface area contributed by atoms with Crippen molar-refractivity contribution >= 4 is 37.3 Å². The van der Waals surface area contributed by atoms with Crippen LogP contribution in [0.1, 0.15) is 4.88 Å². The molecule has 0 N–H and O–H groups in total. The van der Waals surface area contributed by atoms with Gasteiger partial charge in [0.05, 0.1) is 8.68 Å². The second kappa shape index (κ2) is 5.88. The maximum atomic E-state index is 13.1. The topological polar surface area (TPSA) is 37.4 Å². The molecule has 0 spiro atoms. The number of hydrogen-bond acceptors (Lipinski definition) is 3. The molecule has 0 aliphatic rings. The molecule has 0 atom stereocenters. The summed E-state index contributed by atoms with van der Waals surface area (Å²) < 4.78 is 52.5. The molecule has 1 aromatic carbocycles. The van der Waals surface area contributed by atoms with Crippen LogP contribution in [0.5, 0.6) is 0 Å². The standard InChI is InChI=1S/C12H10BrF2NO2S2/c1-16(7-8-2-5-12(13)19-8)20(17,18)9-3-4-10(14)11(15)6-9/h2-6H,7H2,1H3. The lowest BCUT2D eigenvalue weighted by molar-refractivity contribution is 0.466. The van der Waals surface area contributed by atoms with Gasteiger partial charge >= 0.3 is 0 Å². The maximum absolute atomic E-state index is 13.1. The van der Waals surface area contributed by atoms with Crippen molar-refractivity contribution in [2.24, 2.45) is 0 Å². The maximum Gasteiger partial charge on any atom is 0.243 e. The Bertz CT molecular complexity index is 731. The van der Waals surface area contributed by atoms with Crippen molar-refractivity contribution in [2.45, 2.75) is 11.4 Å². The van der Waals surface area contributed by atoms with Crippen LogP contribution >= 0.6 is 27.3 Å². The fraction of sp³-hybridized carbons (Fsp3) is 0.167. The Labute approximate surface area is 128 Å². The van der Waals surface area contributed by atoms with Crippen molar-refractivity contribution < 1.29 is 17.2 Å². The number of rotatable bonds is 4. The first-order chi connectivity index (χ1) is 9.30. The number of benzene rings is 1. The number of sulfonamides is 1. The van der Waals surface area contributed by atoms with Crippen molar-refractivity contribution in [3.05, 3.63) is 50.6 Å². The van der Waals surface area contributed by atoms with Crippen LogP contribution in [0.3, 0.4) is 0 Å². The summed E-state index contributed by atoms with van der Waals surface area (Å²) in [4.78, 5) is 0.569. The first-order valence-corrected chi connectivity index (χ1v) is 8.51. The van der Waals surface area contributed by atoms with E-state index in [1.165, 1.54) is 18.4 Å². The van der Waals surface area contributed by atoms with Gasteiger partial charge in [0.2, 0.25) is 10.0 Å². The summed E-state index contributed by atoms with van der Waals surface area (Å²) in [6.45, 7) is 0.164. The van der Waals surface area contributed by atoms with E-state index in [4.69, 9.17) is 0 Å². The van der Waals surface area contributed by atoms with Crippen molar-refractivity contribution in [1.82, 2.24) is 4.31 Å². The number of nitrogens with zero attached hydrogens (tertiary/aromatic N) is 1. The summed E-state index contributed by atoms with van der Waals surface area (Å²) in [7, 11) is -2.46. The van der Waals surface area contributed by atoms with Gasteiger partial charge in [0.1, 0.15) is 0 Å². The average Bonchev–Trinajstić information content (AvgIpc) is 2.78. The summed E-state index contributed by atoms with van der Waals surface area (Å²) >= 11 is 4.70. The van der Waals surface area contributed by atoms with Crippen LogP contribution in [0.25, 0.3) is 0 Å². The number of halogens is 3. The minimum Gasteiger partial charge on any atom is -0.207 e. The van der Waals surface area contributed by atoms with Crippen LogP contribution < -0.4 is 0 Å². The van der Waals surface area contributed by atoms with Crippen molar-refractivity contribution in [3.63, 3.8) is 0 Å². The molecule has 0 unspecified atom stereocenters. The third kappa shape index (κ3) is 3.25. The Hall–Kier alpha value is -0.830. The Balaban J connectivity index is 2.27. The Kier molecular flexibility index (Phi) is 4.58. The number of hydrogen-bond donors (Lipinski definition) is 0. The molecule has 3 nitrogen and oxygen atoms in total. The van der Waals surface area contributed by atoms with Gasteiger partial charge in [-0.05, 0) is 46.3 Å². The highest BCUT2D eigenvalue weighted by molar-refractivity contribution is 9.11. The molecule has 2 aromatic rings. The van der Waals surface area contributed by atoms with Crippen LogP contribution in [-0.4, -0.2) is 19.8 Å². The predicted octanol–water partition coefficient (Wildman–Crippen LogP) is 3.61. The largest absolute Gasteiger partial charge is 0.243 e. The summed E-state index contributed by atoms with van der Waals surface area (Å²) in [6.07, 6.45) is 0. The van der Waals surface area contributed by atoms with E-state index in [-0.39, 0.29) is 11.4 Å². The Morgan fingerprint density at radius 3 is 2.45 bits per heavy atom. The average molecular weight is 382 g/mol. The first kappa shape index (κ1) is 15.6. The molecular weight excluding hydrogens is 372 g/mol. The van der Waals surface area contributed by atoms with Crippen molar-refractivity contribution in [1.29, 1.82) is 0 Å². The highest BCUT2D eigenvalue weighted by Crippen LogP contribution is 2.25. The van der Waals surface area contributed by atoms with Crippen molar-refractivity contribution in [2.75, 3.05) is 7.05 Å². The van der Waals surface area contributed by atoms with E-state index in [1.807, 2.05) is 6.07 Å². The van der Waals surface area contributed by atoms with Gasteiger partial charge in [0, 0.05) is 18.5 Å². The lowest BCUT2D eigenvalue weighted by Gasteiger charge is -2.16. The van der Waals surface area contributed by atoms with E-state index in [1.54, 1.807) is 6.07 Å². The van der Waals surface area contributed by atoms with Gasteiger partial charge in [-0.25, -0.2) is 17.2 Å². The lowest BCUT2D eigenvalue weighted by Crippen LogP contribution is -2.26. The zero-order valence-electron chi connectivity index (χ0n) is 10.3. The summed E-state index contributed by atoms with van der Waals surface area (Å²) in [5.41, 5.74) is 0. The van der Waals surface area contributed by atoms with Crippen LogP contribution in [-0.2, 0) is 16.6 Å². The molecule has 0 aliphatic heterocycles. The summed E-state index contributed by atoms with van der Waals surface area (Å²) in [5, 5.41) is 0. The molecule has 1 heterocycles. The molecule has 2 rings (SSSR count). The molecule has 108 valence electrons. The highest BCUT2D eigenvalue weighted by atomic mass is 79.9. The third-order valence-electron chi connectivity index (χ3n) is 2.61. The Morgan fingerprint density at radius 1 is 1.20 bits per heavy atom. The molecule has 20 heavy (non-hydrogen) atoms. The van der Waals surface area contributed by atoms with Gasteiger partial charge in [-0.3, -0.25) is 0 Å². The third-order valence-corrected chi connectivity index (χ3v) is 6.01. The zero-order chi connectivity index (χ0) is 14.9. The lowest BCUT2D eigenvalue weighted by atomic mass is 10.3. The van der Waals surface area contributed by atoms with E-state index in [2.05, 4.69) is 15.9 Å². The van der Waals surface area contributed by atoms with Gasteiger partial charge in [0.15, 0.2) is 11.6 Å². The number of thiophene rings is 1. The molecule has 0 fully saturated rings. The van der Waals surface area contributed by atoms with Gasteiger partial charge in [-0.2, -0.15) is 4.31 Å². The van der Waals surface area contributed by atoms with E-state index < -0.39 is 21.7 Å². The molecule has 0 radical (unpaired) electrons. The summed E-state index contributed by atoms with van der Waals surface area (Å²) in [6, 6.07) is 6.15. The molecule has 0 amide bonds. The van der Waals surface area contributed by atoms with Crippen LogP contribution in [0.15, 0.2) is 39.0 Å². The van der Waals surface area contributed by atoms with Gasteiger partial charge in [-0.15, -0.1) is 11.3 Å². The molecule has 0 saturated carbocycles. The predicted molar refractivity (Wildman–Crippen MR) is 77.0 cm³/mol. The molecule has 0 bridgehead atoms. The van der Waals surface area contributed by atoms with Gasteiger partial charge in [-0.1, -0.05) is 0 Å². The quantitative estimate of drug-likeness (QED) is 0.810. The van der Waals surface area contributed by atoms with E-state index in [0.29, 0.717) is 6.07 Å². The molecule has 8 heteroatoms. The van der Waals surface area contributed by atoms with Gasteiger partial charge in [0.25, 0.3) is 0 Å². The van der Waals surface area contributed by atoms with E-state index in [9.17, 15) is 17.2 Å². The zero-order valence-corrected chi connectivity index (χ0v) is 13.5. The minimum atomic E-state index is -3.85. The SMILES string of the molecule is CN(Cc1ccc(Br)s1)S(=O)(=O)c1ccc(F)c(F)c1. The molecule has 0 saturated heterocycles. The fourth-order valence-corrected chi connectivity index (χ4v) is 4.34.